The summed E-state index contributed by atoms with van der Waals surface area (Å²) in [6.07, 6.45) is 2.93. The summed E-state index contributed by atoms with van der Waals surface area (Å²) in [6, 6.07) is 15.6. The van der Waals surface area contributed by atoms with Crippen molar-refractivity contribution in [3.05, 3.63) is 64.1 Å². The Labute approximate surface area is 157 Å². The van der Waals surface area contributed by atoms with Crippen LogP contribution < -0.4 is 10.2 Å². The van der Waals surface area contributed by atoms with Crippen LogP contribution in [-0.2, 0) is 4.79 Å². The second-order valence-corrected chi connectivity index (χ2v) is 6.68. The van der Waals surface area contributed by atoms with E-state index in [-0.39, 0.29) is 12.5 Å². The number of aryl methyl sites for hydroxylation is 1. The number of unbranched alkanes of at least 4 members (excludes halogenated alkanes) is 1. The van der Waals surface area contributed by atoms with Crippen LogP contribution in [0.15, 0.2) is 58.1 Å². The zero-order valence-electron chi connectivity index (χ0n) is 14.6. The van der Waals surface area contributed by atoms with Crippen molar-refractivity contribution >= 4 is 27.5 Å². The molecular formula is C20H23BrN2O2. The molecule has 0 radical (unpaired) electrons. The lowest BCUT2D eigenvalue weighted by Crippen LogP contribution is -2.26. The predicted molar refractivity (Wildman–Crippen MR) is 105 cm³/mol. The first-order valence-electron chi connectivity index (χ1n) is 8.40. The third kappa shape index (κ3) is 6.35. The summed E-state index contributed by atoms with van der Waals surface area (Å²) in [5, 5.41) is 4.31. The van der Waals surface area contributed by atoms with Crippen LogP contribution in [0.3, 0.4) is 0 Å². The van der Waals surface area contributed by atoms with Gasteiger partial charge in [0.05, 0.1) is 5.71 Å². The second kappa shape index (κ2) is 9.99. The minimum absolute atomic E-state index is 0.0676. The molecule has 0 bridgehead atoms. The van der Waals surface area contributed by atoms with Gasteiger partial charge in [-0.3, -0.25) is 4.79 Å². The van der Waals surface area contributed by atoms with Crippen LogP contribution in [0.1, 0.15) is 37.3 Å². The van der Waals surface area contributed by atoms with Crippen molar-refractivity contribution in [2.24, 2.45) is 5.10 Å². The van der Waals surface area contributed by atoms with Gasteiger partial charge in [0.15, 0.2) is 6.61 Å². The molecule has 0 aromatic heterocycles. The minimum Gasteiger partial charge on any atom is -0.483 e. The third-order valence-electron chi connectivity index (χ3n) is 3.69. The maximum Gasteiger partial charge on any atom is 0.277 e. The summed E-state index contributed by atoms with van der Waals surface area (Å²) in [4.78, 5) is 12.1. The van der Waals surface area contributed by atoms with Gasteiger partial charge in [0.25, 0.3) is 5.91 Å². The zero-order valence-corrected chi connectivity index (χ0v) is 16.2. The number of nitrogens with one attached hydrogen (secondary N) is 1. The van der Waals surface area contributed by atoms with Gasteiger partial charge in [-0.05, 0) is 49.1 Å². The van der Waals surface area contributed by atoms with Crippen LogP contribution in [-0.4, -0.2) is 18.2 Å². The molecule has 0 aliphatic rings. The van der Waals surface area contributed by atoms with Crippen molar-refractivity contribution in [1.29, 1.82) is 0 Å². The summed E-state index contributed by atoms with van der Waals surface area (Å²) < 4.78 is 6.55. The summed E-state index contributed by atoms with van der Waals surface area (Å²) in [5.41, 5.74) is 5.49. The molecule has 0 saturated heterocycles. The fourth-order valence-electron chi connectivity index (χ4n) is 2.32. The number of carbonyl (C=O) groups is 1. The van der Waals surface area contributed by atoms with Gasteiger partial charge >= 0.3 is 0 Å². The smallest absolute Gasteiger partial charge is 0.277 e. The molecular weight excluding hydrogens is 380 g/mol. The number of benzene rings is 2. The van der Waals surface area contributed by atoms with Gasteiger partial charge in [-0.2, -0.15) is 5.10 Å². The molecule has 0 heterocycles. The molecule has 0 aliphatic heterocycles. The molecule has 2 aromatic rings. The summed E-state index contributed by atoms with van der Waals surface area (Å²) in [5.74, 6) is 0.420. The average molecular weight is 403 g/mol. The first kappa shape index (κ1) is 19.2. The largest absolute Gasteiger partial charge is 0.483 e. The molecule has 4 nitrogen and oxygen atoms in total. The lowest BCUT2D eigenvalue weighted by molar-refractivity contribution is -0.123. The molecule has 0 unspecified atom stereocenters. The fourth-order valence-corrected chi connectivity index (χ4v) is 2.80. The van der Waals surface area contributed by atoms with Crippen LogP contribution in [0.2, 0.25) is 0 Å². The maximum atomic E-state index is 12.1. The van der Waals surface area contributed by atoms with Gasteiger partial charge in [-0.1, -0.05) is 59.6 Å². The van der Waals surface area contributed by atoms with Gasteiger partial charge in [0.1, 0.15) is 5.75 Å². The lowest BCUT2D eigenvalue weighted by atomic mass is 10.1. The number of rotatable bonds is 8. The van der Waals surface area contributed by atoms with E-state index in [2.05, 4.69) is 33.4 Å². The molecule has 0 atom stereocenters. The van der Waals surface area contributed by atoms with Crippen LogP contribution in [0.4, 0.5) is 0 Å². The highest BCUT2D eigenvalue weighted by atomic mass is 79.9. The topological polar surface area (TPSA) is 50.7 Å². The molecule has 2 aromatic carbocycles. The van der Waals surface area contributed by atoms with Crippen molar-refractivity contribution in [3.8, 4) is 5.75 Å². The van der Waals surface area contributed by atoms with Gasteiger partial charge in [0.2, 0.25) is 0 Å². The van der Waals surface area contributed by atoms with Crippen LogP contribution >= 0.6 is 15.9 Å². The van der Waals surface area contributed by atoms with E-state index < -0.39 is 0 Å². The van der Waals surface area contributed by atoms with E-state index in [4.69, 9.17) is 4.74 Å². The van der Waals surface area contributed by atoms with E-state index in [1.807, 2.05) is 55.5 Å². The number of hydrogen-bond donors (Lipinski definition) is 1. The number of carbonyl (C=O) groups excluding carboxylic acids is 1. The van der Waals surface area contributed by atoms with E-state index in [1.54, 1.807) is 0 Å². The zero-order chi connectivity index (χ0) is 18.1. The van der Waals surface area contributed by atoms with Crippen LogP contribution in [0, 0.1) is 6.92 Å². The maximum absolute atomic E-state index is 12.1. The molecule has 0 fully saturated rings. The van der Waals surface area contributed by atoms with Crippen molar-refractivity contribution in [3.63, 3.8) is 0 Å². The van der Waals surface area contributed by atoms with E-state index in [1.165, 1.54) is 0 Å². The van der Waals surface area contributed by atoms with Crippen molar-refractivity contribution < 1.29 is 9.53 Å². The van der Waals surface area contributed by atoms with E-state index in [0.717, 1.165) is 40.6 Å². The van der Waals surface area contributed by atoms with Gasteiger partial charge < -0.3 is 4.74 Å². The molecule has 1 N–H and O–H groups in total. The predicted octanol–water partition coefficient (Wildman–Crippen LogP) is 4.85. The van der Waals surface area contributed by atoms with E-state index >= 15 is 0 Å². The molecule has 1 amide bonds. The van der Waals surface area contributed by atoms with Crippen molar-refractivity contribution in [2.45, 2.75) is 33.1 Å². The second-order valence-electron chi connectivity index (χ2n) is 5.76. The van der Waals surface area contributed by atoms with Crippen molar-refractivity contribution in [1.82, 2.24) is 5.43 Å². The summed E-state index contributed by atoms with van der Waals surface area (Å²) in [6.45, 7) is 4.01. The number of halogens is 1. The Morgan fingerprint density at radius 2 is 1.96 bits per heavy atom. The highest BCUT2D eigenvalue weighted by Crippen LogP contribution is 2.21. The van der Waals surface area contributed by atoms with E-state index in [9.17, 15) is 4.79 Å². The number of nitrogens with zero attached hydrogens (tertiary/aromatic N) is 1. The monoisotopic (exact) mass is 402 g/mol. The normalized spacial score (nSPS) is 11.2. The Bertz CT molecular complexity index is 730. The molecule has 0 aliphatic carbocycles. The molecule has 25 heavy (non-hydrogen) atoms. The van der Waals surface area contributed by atoms with Gasteiger partial charge in [-0.15, -0.1) is 0 Å². The van der Waals surface area contributed by atoms with Crippen molar-refractivity contribution in [2.75, 3.05) is 6.61 Å². The molecule has 0 spiro atoms. The Kier molecular flexibility index (Phi) is 7.67. The fraction of sp³-hybridized carbons (Fsp3) is 0.300. The number of hydrogen-bond acceptors (Lipinski definition) is 3. The highest BCUT2D eigenvalue weighted by Gasteiger charge is 2.07. The summed E-state index contributed by atoms with van der Waals surface area (Å²) >= 11 is 3.41. The SMILES string of the molecule is CCCC/C(=N\NC(=O)COc1ccc(Br)cc1C)c1ccccc1. The molecule has 0 saturated carbocycles. The van der Waals surface area contributed by atoms with Gasteiger partial charge in [-0.25, -0.2) is 5.43 Å². The Morgan fingerprint density at radius 3 is 2.64 bits per heavy atom. The highest BCUT2D eigenvalue weighted by molar-refractivity contribution is 9.10. The number of hydrazone groups is 1. The minimum atomic E-state index is -0.271. The first-order valence-corrected chi connectivity index (χ1v) is 9.19. The van der Waals surface area contributed by atoms with Crippen LogP contribution in [0.25, 0.3) is 0 Å². The Morgan fingerprint density at radius 1 is 1.20 bits per heavy atom. The quantitative estimate of drug-likeness (QED) is 0.506. The van der Waals surface area contributed by atoms with Gasteiger partial charge in [0, 0.05) is 4.47 Å². The lowest BCUT2D eigenvalue weighted by Gasteiger charge is -2.10. The standard InChI is InChI=1S/C20H23BrN2O2/c1-3-4-10-18(16-8-6-5-7-9-16)22-23-20(24)14-25-19-12-11-17(21)13-15(19)2/h5-9,11-13H,3-4,10,14H2,1-2H3,(H,23,24)/b22-18+. The Hall–Kier alpha value is -2.14. The summed E-state index contributed by atoms with van der Waals surface area (Å²) in [7, 11) is 0. The van der Waals surface area contributed by atoms with Crippen LogP contribution in [0.5, 0.6) is 5.75 Å². The Balaban J connectivity index is 1.96. The number of amides is 1. The average Bonchev–Trinajstić information content (AvgIpc) is 2.62. The molecule has 132 valence electrons. The molecule has 5 heteroatoms. The molecule has 2 rings (SSSR count). The first-order chi connectivity index (χ1) is 12.1. The number of ether oxygens (including phenoxy) is 1. The van der Waals surface area contributed by atoms with E-state index in [0.29, 0.717) is 5.75 Å². The third-order valence-corrected chi connectivity index (χ3v) is 4.18.